The molecule has 5 aromatic rings. The second kappa shape index (κ2) is 12.0. The number of nitrogens with zero attached hydrogens (tertiary/aromatic N) is 2. The number of carbonyl (C=O) groups excluding carboxylic acids is 1. The summed E-state index contributed by atoms with van der Waals surface area (Å²) < 4.78 is 7.85. The van der Waals surface area contributed by atoms with Crippen LogP contribution in [-0.2, 0) is 4.79 Å². The number of aromatic nitrogens is 1. The number of carbonyl (C=O) groups is 1. The lowest BCUT2D eigenvalue weighted by Crippen LogP contribution is -2.13. The van der Waals surface area contributed by atoms with Crippen LogP contribution in [0.2, 0.25) is 0 Å². The Morgan fingerprint density at radius 3 is 2.10 bits per heavy atom. The van der Waals surface area contributed by atoms with Gasteiger partial charge in [-0.05, 0) is 73.5 Å². The maximum absolute atomic E-state index is 13.2. The highest BCUT2D eigenvalue weighted by molar-refractivity contribution is 6.10. The van der Waals surface area contributed by atoms with Crippen LogP contribution >= 0.6 is 0 Å². The predicted molar refractivity (Wildman–Crippen MR) is 161 cm³/mol. The number of hydrogen-bond acceptors (Lipinski definition) is 3. The minimum atomic E-state index is -0.458. The summed E-state index contributed by atoms with van der Waals surface area (Å²) in [6.45, 7) is 4.53. The molecule has 5 rings (SSSR count). The highest BCUT2D eigenvalue weighted by atomic mass is 16.5. The van der Waals surface area contributed by atoms with Crippen LogP contribution in [0, 0.1) is 18.3 Å². The number of rotatable bonds is 8. The summed E-state index contributed by atoms with van der Waals surface area (Å²) in [7, 11) is 0. The van der Waals surface area contributed by atoms with Crippen molar-refractivity contribution in [2.75, 3.05) is 11.9 Å². The Balaban J connectivity index is 1.70. The van der Waals surface area contributed by atoms with Crippen LogP contribution in [-0.4, -0.2) is 17.1 Å². The number of amides is 1. The van der Waals surface area contributed by atoms with E-state index in [1.807, 2.05) is 117 Å². The van der Waals surface area contributed by atoms with E-state index < -0.39 is 5.91 Å². The summed E-state index contributed by atoms with van der Waals surface area (Å²) >= 11 is 0. The lowest BCUT2D eigenvalue weighted by atomic mass is 10.0. The van der Waals surface area contributed by atoms with Gasteiger partial charge in [-0.25, -0.2) is 0 Å². The molecule has 0 radical (unpaired) electrons. The summed E-state index contributed by atoms with van der Waals surface area (Å²) in [5.41, 5.74) is 7.21. The zero-order valence-corrected chi connectivity index (χ0v) is 22.5. The molecule has 1 heterocycles. The lowest BCUT2D eigenvalue weighted by molar-refractivity contribution is -0.112. The quantitative estimate of drug-likeness (QED) is 0.165. The molecule has 0 bridgehead atoms. The smallest absolute Gasteiger partial charge is 0.266 e. The summed E-state index contributed by atoms with van der Waals surface area (Å²) in [4.78, 5) is 13.2. The monoisotopic (exact) mass is 523 g/mol. The van der Waals surface area contributed by atoms with Gasteiger partial charge in [0.15, 0.2) is 0 Å². The van der Waals surface area contributed by atoms with E-state index in [2.05, 4.69) is 28.1 Å². The fourth-order valence-electron chi connectivity index (χ4n) is 4.62. The zero-order valence-electron chi connectivity index (χ0n) is 22.5. The maximum Gasteiger partial charge on any atom is 0.266 e. The molecule has 1 amide bonds. The molecule has 0 spiro atoms. The van der Waals surface area contributed by atoms with Gasteiger partial charge in [-0.1, -0.05) is 78.4 Å². The molecule has 0 fully saturated rings. The van der Waals surface area contributed by atoms with E-state index in [-0.39, 0.29) is 5.57 Å². The van der Waals surface area contributed by atoms with Crippen molar-refractivity contribution in [3.63, 3.8) is 0 Å². The van der Waals surface area contributed by atoms with Crippen LogP contribution in [0.4, 0.5) is 5.69 Å². The Hall–Kier alpha value is -5.34. The van der Waals surface area contributed by atoms with Crippen LogP contribution < -0.4 is 10.1 Å². The molecule has 5 heteroatoms. The summed E-state index contributed by atoms with van der Waals surface area (Å²) in [5, 5.41) is 12.9. The average Bonchev–Trinajstić information content (AvgIpc) is 3.37. The molecule has 0 atom stereocenters. The average molecular weight is 524 g/mol. The van der Waals surface area contributed by atoms with Crippen LogP contribution in [0.3, 0.4) is 0 Å². The van der Waals surface area contributed by atoms with Gasteiger partial charge in [0.25, 0.3) is 5.91 Å². The molecule has 40 heavy (non-hydrogen) atoms. The van der Waals surface area contributed by atoms with Gasteiger partial charge in [0, 0.05) is 16.9 Å². The molecule has 0 aliphatic heterocycles. The first-order valence-corrected chi connectivity index (χ1v) is 13.2. The second-order valence-corrected chi connectivity index (χ2v) is 9.32. The predicted octanol–water partition coefficient (Wildman–Crippen LogP) is 8.06. The third kappa shape index (κ3) is 5.72. The first-order valence-electron chi connectivity index (χ1n) is 13.2. The second-order valence-electron chi connectivity index (χ2n) is 9.32. The van der Waals surface area contributed by atoms with Crippen molar-refractivity contribution in [2.24, 2.45) is 0 Å². The van der Waals surface area contributed by atoms with Crippen molar-refractivity contribution in [3.8, 4) is 40.0 Å². The maximum atomic E-state index is 13.2. The standard InChI is InChI=1S/C35H29N3O2/c1-3-40-32-20-18-31(19-21-32)38-33(26-10-6-4-7-11-26)23-28(34(38)27-12-8-5-9-13-27)22-29(24-36)35(39)37-30-16-14-25(2)15-17-30/h4-23H,3H2,1-2H3,(H,37,39)/b29-22+. The van der Waals surface area contributed by atoms with Crippen LogP contribution in [0.1, 0.15) is 18.1 Å². The van der Waals surface area contributed by atoms with E-state index >= 15 is 0 Å². The number of ether oxygens (including phenoxy) is 1. The first-order chi connectivity index (χ1) is 19.6. The Morgan fingerprint density at radius 1 is 0.875 bits per heavy atom. The number of benzene rings is 4. The molecule has 0 saturated carbocycles. The van der Waals surface area contributed by atoms with E-state index in [4.69, 9.17) is 4.74 Å². The van der Waals surface area contributed by atoms with Crippen LogP contribution in [0.5, 0.6) is 5.75 Å². The molecule has 0 aliphatic rings. The Kier molecular flexibility index (Phi) is 7.89. The van der Waals surface area contributed by atoms with Crippen molar-refractivity contribution >= 4 is 17.7 Å². The van der Waals surface area contributed by atoms with Gasteiger partial charge in [-0.3, -0.25) is 4.79 Å². The number of anilines is 1. The number of nitriles is 1. The normalized spacial score (nSPS) is 11.1. The molecule has 0 saturated heterocycles. The van der Waals surface area contributed by atoms with E-state index in [9.17, 15) is 10.1 Å². The first kappa shape index (κ1) is 26.3. The minimum Gasteiger partial charge on any atom is -0.494 e. The SMILES string of the molecule is CCOc1ccc(-n2c(-c3ccccc3)cc(/C=C(\C#N)C(=O)Nc3ccc(C)cc3)c2-c2ccccc2)cc1. The van der Waals surface area contributed by atoms with Crippen molar-refractivity contribution in [2.45, 2.75) is 13.8 Å². The Morgan fingerprint density at radius 2 is 1.50 bits per heavy atom. The molecule has 4 aromatic carbocycles. The summed E-state index contributed by atoms with van der Waals surface area (Å²) in [6, 6.07) is 39.7. The summed E-state index contributed by atoms with van der Waals surface area (Å²) in [5.74, 6) is 0.334. The van der Waals surface area contributed by atoms with Crippen molar-refractivity contribution in [1.29, 1.82) is 5.26 Å². The highest BCUT2D eigenvalue weighted by Gasteiger charge is 2.20. The van der Waals surface area contributed by atoms with Gasteiger partial charge in [0.1, 0.15) is 17.4 Å². The van der Waals surface area contributed by atoms with Crippen molar-refractivity contribution < 1.29 is 9.53 Å². The molecule has 0 aliphatic carbocycles. The van der Waals surface area contributed by atoms with Gasteiger partial charge >= 0.3 is 0 Å². The molecule has 0 unspecified atom stereocenters. The fraction of sp³-hybridized carbons (Fsp3) is 0.0857. The van der Waals surface area contributed by atoms with Gasteiger partial charge < -0.3 is 14.6 Å². The Labute approximate surface area is 234 Å². The zero-order chi connectivity index (χ0) is 27.9. The topological polar surface area (TPSA) is 67.0 Å². The molecular weight excluding hydrogens is 494 g/mol. The van der Waals surface area contributed by atoms with E-state index in [1.54, 1.807) is 6.08 Å². The van der Waals surface area contributed by atoms with Crippen LogP contribution in [0.25, 0.3) is 34.3 Å². The molecular formula is C35H29N3O2. The molecule has 5 nitrogen and oxygen atoms in total. The minimum absolute atomic E-state index is 0.0150. The van der Waals surface area contributed by atoms with Crippen molar-refractivity contribution in [1.82, 2.24) is 4.57 Å². The van der Waals surface area contributed by atoms with Gasteiger partial charge in [-0.15, -0.1) is 0 Å². The van der Waals surface area contributed by atoms with E-state index in [1.165, 1.54) is 0 Å². The fourth-order valence-corrected chi connectivity index (χ4v) is 4.62. The third-order valence-electron chi connectivity index (χ3n) is 6.53. The van der Waals surface area contributed by atoms with Crippen LogP contribution in [0.15, 0.2) is 121 Å². The number of hydrogen-bond donors (Lipinski definition) is 1. The summed E-state index contributed by atoms with van der Waals surface area (Å²) in [6.07, 6.45) is 1.67. The highest BCUT2D eigenvalue weighted by Crippen LogP contribution is 2.37. The van der Waals surface area contributed by atoms with Gasteiger partial charge in [0.05, 0.1) is 18.0 Å². The number of nitrogens with one attached hydrogen (secondary N) is 1. The largest absolute Gasteiger partial charge is 0.494 e. The van der Waals surface area contributed by atoms with E-state index in [0.29, 0.717) is 12.3 Å². The molecule has 1 N–H and O–H groups in total. The molecule has 196 valence electrons. The van der Waals surface area contributed by atoms with Gasteiger partial charge in [-0.2, -0.15) is 5.26 Å². The van der Waals surface area contributed by atoms with Crippen molar-refractivity contribution in [3.05, 3.63) is 132 Å². The number of aryl methyl sites for hydroxylation is 1. The Bertz CT molecular complexity index is 1680. The molecule has 1 aromatic heterocycles. The third-order valence-corrected chi connectivity index (χ3v) is 6.53. The van der Waals surface area contributed by atoms with Gasteiger partial charge in [0.2, 0.25) is 0 Å². The lowest BCUT2D eigenvalue weighted by Gasteiger charge is -2.16. The van der Waals surface area contributed by atoms with E-state index in [0.717, 1.165) is 45.1 Å².